The Morgan fingerprint density at radius 1 is 1.20 bits per heavy atom. The van der Waals surface area contributed by atoms with Crippen molar-refractivity contribution in [3.8, 4) is 5.75 Å². The zero-order valence-corrected chi connectivity index (χ0v) is 11.0. The predicted octanol–water partition coefficient (Wildman–Crippen LogP) is 2.91. The molecule has 2 heterocycles. The van der Waals surface area contributed by atoms with Crippen molar-refractivity contribution in [3.05, 3.63) is 41.0 Å². The number of ether oxygens (including phenoxy) is 1. The first-order chi connectivity index (χ1) is 9.19. The van der Waals surface area contributed by atoms with Crippen molar-refractivity contribution in [3.63, 3.8) is 0 Å². The molecular formula is C12H9F3O4S. The fraction of sp³-hybridized carbons (Fsp3) is 0.333. The second kappa shape index (κ2) is 3.98. The molecular weight excluding hydrogens is 297 g/mol. The lowest BCUT2D eigenvalue weighted by atomic mass is 9.94. The predicted molar refractivity (Wildman–Crippen MR) is 62.5 cm³/mol. The molecule has 0 spiro atoms. The first-order valence-corrected chi connectivity index (χ1v) is 7.09. The van der Waals surface area contributed by atoms with Crippen molar-refractivity contribution >= 4 is 10.1 Å². The van der Waals surface area contributed by atoms with Gasteiger partial charge >= 0.3 is 15.6 Å². The molecule has 2 unspecified atom stereocenters. The quantitative estimate of drug-likeness (QED) is 0.479. The van der Waals surface area contributed by atoms with Crippen LogP contribution in [0.4, 0.5) is 13.2 Å². The summed E-state index contributed by atoms with van der Waals surface area (Å²) >= 11 is 0. The molecule has 108 valence electrons. The summed E-state index contributed by atoms with van der Waals surface area (Å²) in [6, 6.07) is 3.01. The average Bonchev–Trinajstić information content (AvgIpc) is 2.86. The van der Waals surface area contributed by atoms with Gasteiger partial charge in [0.15, 0.2) is 0 Å². The van der Waals surface area contributed by atoms with Crippen molar-refractivity contribution in [2.45, 2.75) is 24.6 Å². The Morgan fingerprint density at radius 3 is 2.50 bits per heavy atom. The summed E-state index contributed by atoms with van der Waals surface area (Å²) in [5, 5.41) is 0. The van der Waals surface area contributed by atoms with E-state index >= 15 is 0 Å². The number of rotatable bonds is 2. The van der Waals surface area contributed by atoms with Crippen LogP contribution >= 0.6 is 0 Å². The van der Waals surface area contributed by atoms with Gasteiger partial charge in [0.25, 0.3) is 0 Å². The molecule has 2 atom stereocenters. The molecule has 4 nitrogen and oxygen atoms in total. The number of hydrogen-bond acceptors (Lipinski definition) is 4. The summed E-state index contributed by atoms with van der Waals surface area (Å²) in [7, 11) is -5.69. The first-order valence-electron chi connectivity index (χ1n) is 5.68. The summed E-state index contributed by atoms with van der Waals surface area (Å²) < 4.78 is 69.2. The van der Waals surface area contributed by atoms with E-state index in [0.29, 0.717) is 16.7 Å². The van der Waals surface area contributed by atoms with Gasteiger partial charge in [-0.2, -0.15) is 21.6 Å². The molecule has 2 bridgehead atoms. The monoisotopic (exact) mass is 306 g/mol. The molecule has 0 saturated carbocycles. The van der Waals surface area contributed by atoms with Crippen LogP contribution in [-0.2, 0) is 14.9 Å². The Kier molecular flexibility index (Phi) is 2.68. The van der Waals surface area contributed by atoms with Crippen LogP contribution in [0.3, 0.4) is 0 Å². The van der Waals surface area contributed by atoms with E-state index in [4.69, 9.17) is 4.74 Å². The summed E-state index contributed by atoms with van der Waals surface area (Å²) in [5.74, 6) is -0.325. The lowest BCUT2D eigenvalue weighted by molar-refractivity contribution is -0.0500. The summed E-state index contributed by atoms with van der Waals surface area (Å²) in [5.41, 5.74) is -3.88. The molecule has 0 amide bonds. The summed E-state index contributed by atoms with van der Waals surface area (Å²) in [6.07, 6.45) is 2.52. The lowest BCUT2D eigenvalue weighted by Crippen LogP contribution is -2.28. The molecule has 2 aliphatic heterocycles. The van der Waals surface area contributed by atoms with Crippen molar-refractivity contribution in [1.29, 1.82) is 0 Å². The minimum absolute atomic E-state index is 0.325. The van der Waals surface area contributed by atoms with E-state index in [0.717, 1.165) is 0 Å². The third-order valence-corrected chi connectivity index (χ3v) is 4.11. The molecule has 2 aliphatic rings. The maximum Gasteiger partial charge on any atom is 0.534 e. The first kappa shape index (κ1) is 13.4. The number of fused-ring (bicyclic) bond motifs is 5. The maximum absolute atomic E-state index is 12.4. The highest BCUT2D eigenvalue weighted by Crippen LogP contribution is 2.50. The summed E-state index contributed by atoms with van der Waals surface area (Å²) in [6.45, 7) is 1.64. The van der Waals surface area contributed by atoms with Crippen LogP contribution in [0.2, 0.25) is 0 Å². The molecule has 0 fully saturated rings. The van der Waals surface area contributed by atoms with Gasteiger partial charge < -0.3 is 8.92 Å². The van der Waals surface area contributed by atoms with Crippen LogP contribution < -0.4 is 4.18 Å². The number of hydrogen-bond donors (Lipinski definition) is 0. The van der Waals surface area contributed by atoms with Crippen molar-refractivity contribution < 1.29 is 30.5 Å². The normalized spacial score (nSPS) is 24.0. The third-order valence-electron chi connectivity index (χ3n) is 3.15. The Labute approximate surface area is 112 Å². The van der Waals surface area contributed by atoms with E-state index in [1.54, 1.807) is 25.1 Å². The Hall–Kier alpha value is -1.54. The fourth-order valence-corrected chi connectivity index (χ4v) is 2.83. The smallest absolute Gasteiger partial charge is 0.376 e. The summed E-state index contributed by atoms with van der Waals surface area (Å²) in [4.78, 5) is 0. The highest BCUT2D eigenvalue weighted by atomic mass is 32.2. The fourth-order valence-electron chi connectivity index (χ4n) is 2.36. The van der Waals surface area contributed by atoms with Gasteiger partial charge in [-0.05, 0) is 24.1 Å². The second-order valence-electron chi connectivity index (χ2n) is 4.61. The topological polar surface area (TPSA) is 52.6 Å². The largest absolute Gasteiger partial charge is 0.534 e. The van der Waals surface area contributed by atoms with Gasteiger partial charge in [-0.1, -0.05) is 18.2 Å². The standard InChI is InChI=1S/C12H9F3O4S/c1-6-4-7-8-2-3-9(18-8)11(7)10(5-6)19-20(16,17)12(13,14)15/h2-5,8-9H,1H3. The Bertz CT molecular complexity index is 706. The molecule has 8 heteroatoms. The lowest BCUT2D eigenvalue weighted by Gasteiger charge is -2.16. The van der Waals surface area contributed by atoms with E-state index in [9.17, 15) is 21.6 Å². The van der Waals surface area contributed by atoms with Gasteiger partial charge in [0, 0.05) is 5.56 Å². The molecule has 0 aliphatic carbocycles. The van der Waals surface area contributed by atoms with Crippen LogP contribution in [0.1, 0.15) is 28.9 Å². The van der Waals surface area contributed by atoms with E-state index < -0.39 is 21.7 Å². The molecule has 0 N–H and O–H groups in total. The van der Waals surface area contributed by atoms with E-state index in [1.165, 1.54) is 6.07 Å². The molecule has 0 aromatic heterocycles. The Morgan fingerprint density at radius 2 is 1.85 bits per heavy atom. The maximum atomic E-state index is 12.4. The highest BCUT2D eigenvalue weighted by molar-refractivity contribution is 7.88. The van der Waals surface area contributed by atoms with Crippen LogP contribution in [-0.4, -0.2) is 13.9 Å². The Balaban J connectivity index is 2.08. The van der Waals surface area contributed by atoms with Gasteiger partial charge in [0.05, 0.1) is 0 Å². The minimum atomic E-state index is -5.69. The number of benzene rings is 1. The molecule has 3 rings (SSSR count). The van der Waals surface area contributed by atoms with E-state index in [2.05, 4.69) is 4.18 Å². The van der Waals surface area contributed by atoms with Gasteiger partial charge in [-0.3, -0.25) is 0 Å². The number of halogens is 3. The zero-order valence-electron chi connectivity index (χ0n) is 10.1. The van der Waals surface area contributed by atoms with Gasteiger partial charge in [-0.25, -0.2) is 0 Å². The van der Waals surface area contributed by atoms with E-state index in [1.807, 2.05) is 0 Å². The molecule has 20 heavy (non-hydrogen) atoms. The molecule has 0 saturated heterocycles. The second-order valence-corrected chi connectivity index (χ2v) is 6.15. The highest BCUT2D eigenvalue weighted by Gasteiger charge is 2.49. The van der Waals surface area contributed by atoms with Crippen LogP contribution in [0, 0.1) is 6.92 Å². The van der Waals surface area contributed by atoms with Crippen molar-refractivity contribution in [1.82, 2.24) is 0 Å². The van der Waals surface area contributed by atoms with Crippen LogP contribution in [0.5, 0.6) is 5.75 Å². The van der Waals surface area contributed by atoms with Crippen molar-refractivity contribution in [2.75, 3.05) is 0 Å². The van der Waals surface area contributed by atoms with Gasteiger partial charge in [0.2, 0.25) is 0 Å². The van der Waals surface area contributed by atoms with Gasteiger partial charge in [-0.15, -0.1) is 0 Å². The molecule has 1 aromatic carbocycles. The van der Waals surface area contributed by atoms with E-state index in [-0.39, 0.29) is 11.9 Å². The molecule has 1 aromatic rings. The number of alkyl halides is 3. The van der Waals surface area contributed by atoms with Crippen LogP contribution in [0.15, 0.2) is 24.3 Å². The molecule has 0 radical (unpaired) electrons. The number of aryl methyl sites for hydroxylation is 1. The van der Waals surface area contributed by atoms with Gasteiger partial charge in [0.1, 0.15) is 18.0 Å². The zero-order chi connectivity index (χ0) is 14.7. The SMILES string of the molecule is Cc1cc(OS(=O)(=O)C(F)(F)F)c2c(c1)C1C=CC2O1. The third kappa shape index (κ3) is 1.90. The minimum Gasteiger partial charge on any atom is -0.376 e. The average molecular weight is 306 g/mol. The van der Waals surface area contributed by atoms with Crippen LogP contribution in [0.25, 0.3) is 0 Å². The van der Waals surface area contributed by atoms with Crippen molar-refractivity contribution in [2.24, 2.45) is 0 Å².